The van der Waals surface area contributed by atoms with E-state index in [1.165, 1.54) is 11.8 Å². The molecule has 3 aromatic rings. The van der Waals surface area contributed by atoms with Gasteiger partial charge in [0.05, 0.1) is 27.7 Å². The number of ether oxygens (including phenoxy) is 2. The molecule has 1 saturated heterocycles. The molecule has 0 saturated carbocycles. The lowest BCUT2D eigenvalue weighted by atomic mass is 10.1. The topological polar surface area (TPSA) is 51.1 Å². The van der Waals surface area contributed by atoms with Gasteiger partial charge in [-0.15, -0.1) is 0 Å². The van der Waals surface area contributed by atoms with Crippen LogP contribution in [-0.2, 0) is 17.8 Å². The highest BCUT2D eigenvalue weighted by molar-refractivity contribution is 8.18. The molecule has 186 valence electrons. The van der Waals surface area contributed by atoms with Crippen molar-refractivity contribution in [3.8, 4) is 11.5 Å². The van der Waals surface area contributed by atoms with Crippen molar-refractivity contribution in [2.75, 3.05) is 13.7 Å². The summed E-state index contributed by atoms with van der Waals surface area (Å²) in [7, 11) is 1.59. The lowest BCUT2D eigenvalue weighted by Gasteiger charge is -2.13. The van der Waals surface area contributed by atoms with E-state index in [0.29, 0.717) is 44.8 Å². The Morgan fingerprint density at radius 2 is 1.81 bits per heavy atom. The van der Waals surface area contributed by atoms with E-state index in [0.717, 1.165) is 28.8 Å². The van der Waals surface area contributed by atoms with Crippen LogP contribution >= 0.6 is 35.0 Å². The maximum Gasteiger partial charge on any atom is 0.266 e. The van der Waals surface area contributed by atoms with Crippen LogP contribution in [0.5, 0.6) is 11.5 Å². The Kier molecular flexibility index (Phi) is 8.62. The van der Waals surface area contributed by atoms with Crippen LogP contribution < -0.4 is 9.47 Å². The second kappa shape index (κ2) is 11.9. The minimum absolute atomic E-state index is 0.0610. The van der Waals surface area contributed by atoms with Crippen molar-refractivity contribution >= 4 is 57.8 Å². The fraction of sp³-hybridized carbons (Fsp3) is 0.214. The van der Waals surface area contributed by atoms with Gasteiger partial charge >= 0.3 is 0 Å². The van der Waals surface area contributed by atoms with Crippen LogP contribution in [0.25, 0.3) is 6.08 Å². The maximum absolute atomic E-state index is 13.1. The quantitative estimate of drug-likeness (QED) is 0.274. The molecule has 4 rings (SSSR count). The van der Waals surface area contributed by atoms with Gasteiger partial charge in [-0.3, -0.25) is 9.69 Å². The number of hydrogen-bond donors (Lipinski definition) is 0. The standard InChI is InChI=1S/C28H26Cl2N2O3S/c1-4-20-8-6-7-9-23(20)31-28-32(5-2)27(33)26(36-28)16-18-11-13-24(25(15-18)34-3)35-17-19-10-12-21(29)22(30)14-19/h6-16H,4-5,17H2,1-3H3/b26-16+,31-28?. The first-order valence-corrected chi connectivity index (χ1v) is 13.1. The van der Waals surface area contributed by atoms with Gasteiger partial charge in [0.2, 0.25) is 0 Å². The molecular formula is C28H26Cl2N2O3S. The molecule has 36 heavy (non-hydrogen) atoms. The van der Waals surface area contributed by atoms with E-state index in [4.69, 9.17) is 37.7 Å². The van der Waals surface area contributed by atoms with E-state index in [1.54, 1.807) is 24.1 Å². The first-order valence-electron chi connectivity index (χ1n) is 11.6. The van der Waals surface area contributed by atoms with Crippen molar-refractivity contribution < 1.29 is 14.3 Å². The van der Waals surface area contributed by atoms with Crippen molar-refractivity contribution in [3.63, 3.8) is 0 Å². The number of carbonyl (C=O) groups excluding carboxylic acids is 1. The Morgan fingerprint density at radius 1 is 1.00 bits per heavy atom. The van der Waals surface area contributed by atoms with Crippen LogP contribution in [0.3, 0.4) is 0 Å². The van der Waals surface area contributed by atoms with Crippen LogP contribution in [0.15, 0.2) is 70.6 Å². The van der Waals surface area contributed by atoms with Gasteiger partial charge in [-0.1, -0.05) is 60.5 Å². The van der Waals surface area contributed by atoms with E-state index in [2.05, 4.69) is 13.0 Å². The summed E-state index contributed by atoms with van der Waals surface area (Å²) in [6, 6.07) is 19.0. The molecule has 0 aromatic heterocycles. The Bertz CT molecular complexity index is 1340. The number of hydrogen-bond acceptors (Lipinski definition) is 5. The van der Waals surface area contributed by atoms with Gasteiger partial charge < -0.3 is 9.47 Å². The van der Waals surface area contributed by atoms with Crippen LogP contribution in [0.1, 0.15) is 30.5 Å². The average molecular weight is 542 g/mol. The van der Waals surface area contributed by atoms with Crippen LogP contribution in [0.4, 0.5) is 5.69 Å². The van der Waals surface area contributed by atoms with Crippen molar-refractivity contribution in [3.05, 3.63) is 92.3 Å². The zero-order chi connectivity index (χ0) is 25.7. The molecule has 0 N–H and O–H groups in total. The van der Waals surface area contributed by atoms with Crippen molar-refractivity contribution in [1.82, 2.24) is 4.90 Å². The van der Waals surface area contributed by atoms with Crippen LogP contribution in [-0.4, -0.2) is 29.6 Å². The third kappa shape index (κ3) is 5.89. The number of aryl methyl sites for hydroxylation is 1. The molecule has 0 radical (unpaired) electrons. The number of carbonyl (C=O) groups is 1. The third-order valence-corrected chi connectivity index (χ3v) is 7.40. The molecule has 1 heterocycles. The number of halogens is 2. The number of amides is 1. The van der Waals surface area contributed by atoms with Crippen LogP contribution in [0, 0.1) is 0 Å². The second-order valence-corrected chi connectivity index (χ2v) is 9.81. The Balaban J connectivity index is 1.55. The van der Waals surface area contributed by atoms with Crippen molar-refractivity contribution in [2.24, 2.45) is 4.99 Å². The van der Waals surface area contributed by atoms with Gasteiger partial charge in [-0.25, -0.2) is 4.99 Å². The number of methoxy groups -OCH3 is 1. The van der Waals surface area contributed by atoms with Gasteiger partial charge in [0.1, 0.15) is 6.61 Å². The summed E-state index contributed by atoms with van der Waals surface area (Å²) in [5.74, 6) is 1.09. The van der Waals surface area contributed by atoms with Crippen LogP contribution in [0.2, 0.25) is 10.0 Å². The molecule has 0 spiro atoms. The van der Waals surface area contributed by atoms with Gasteiger partial charge in [0.15, 0.2) is 16.7 Å². The minimum atomic E-state index is -0.0610. The number of rotatable bonds is 8. The van der Waals surface area contributed by atoms with Crippen molar-refractivity contribution in [1.29, 1.82) is 0 Å². The summed E-state index contributed by atoms with van der Waals surface area (Å²) in [5, 5.41) is 1.66. The summed E-state index contributed by atoms with van der Waals surface area (Å²) in [6.45, 7) is 4.90. The number of amidine groups is 1. The molecular weight excluding hydrogens is 515 g/mol. The highest BCUT2D eigenvalue weighted by Crippen LogP contribution is 2.36. The van der Waals surface area contributed by atoms with E-state index in [9.17, 15) is 4.79 Å². The summed E-state index contributed by atoms with van der Waals surface area (Å²) >= 11 is 13.5. The summed E-state index contributed by atoms with van der Waals surface area (Å²) in [6.07, 6.45) is 2.73. The zero-order valence-corrected chi connectivity index (χ0v) is 22.6. The molecule has 1 aliphatic rings. The highest BCUT2D eigenvalue weighted by atomic mass is 35.5. The number of nitrogens with zero attached hydrogens (tertiary/aromatic N) is 2. The predicted molar refractivity (Wildman–Crippen MR) is 150 cm³/mol. The second-order valence-electron chi connectivity index (χ2n) is 7.98. The smallest absolute Gasteiger partial charge is 0.266 e. The highest BCUT2D eigenvalue weighted by Gasteiger charge is 2.32. The Morgan fingerprint density at radius 3 is 2.53 bits per heavy atom. The lowest BCUT2D eigenvalue weighted by Crippen LogP contribution is -2.28. The summed E-state index contributed by atoms with van der Waals surface area (Å²) in [4.78, 5) is 20.2. The van der Waals surface area contributed by atoms with Gasteiger partial charge in [0.25, 0.3) is 5.91 Å². The third-order valence-electron chi connectivity index (χ3n) is 5.66. The monoisotopic (exact) mass is 540 g/mol. The summed E-state index contributed by atoms with van der Waals surface area (Å²) in [5.41, 5.74) is 3.76. The number of benzene rings is 3. The fourth-order valence-electron chi connectivity index (χ4n) is 3.73. The number of aliphatic imine (C=N–C) groups is 1. The van der Waals surface area contributed by atoms with E-state index in [-0.39, 0.29) is 5.91 Å². The molecule has 1 aliphatic heterocycles. The van der Waals surface area contributed by atoms with Gasteiger partial charge in [-0.05, 0) is 78.2 Å². The fourth-order valence-corrected chi connectivity index (χ4v) is 5.10. The number of para-hydroxylation sites is 1. The first-order chi connectivity index (χ1) is 17.4. The van der Waals surface area contributed by atoms with Gasteiger partial charge in [-0.2, -0.15) is 0 Å². The largest absolute Gasteiger partial charge is 0.493 e. The average Bonchev–Trinajstić information content (AvgIpc) is 3.18. The molecule has 0 unspecified atom stereocenters. The SMILES string of the molecule is CCc1ccccc1N=C1S/C(=C/c2ccc(OCc3ccc(Cl)c(Cl)c3)c(OC)c2)C(=O)N1CC. The van der Waals surface area contributed by atoms with Crippen molar-refractivity contribution in [2.45, 2.75) is 26.9 Å². The lowest BCUT2D eigenvalue weighted by molar-refractivity contribution is -0.122. The van der Waals surface area contributed by atoms with E-state index in [1.807, 2.05) is 55.5 Å². The molecule has 1 fully saturated rings. The molecule has 0 aliphatic carbocycles. The first kappa shape index (κ1) is 26.1. The Labute approximate surface area is 225 Å². The maximum atomic E-state index is 13.1. The molecule has 0 atom stereocenters. The number of likely N-dealkylation sites (N-methyl/N-ethyl adjacent to an activating group) is 1. The summed E-state index contributed by atoms with van der Waals surface area (Å²) < 4.78 is 11.5. The molecule has 8 heteroatoms. The number of thioether (sulfide) groups is 1. The van der Waals surface area contributed by atoms with Gasteiger partial charge in [0, 0.05) is 6.54 Å². The van der Waals surface area contributed by atoms with E-state index >= 15 is 0 Å². The minimum Gasteiger partial charge on any atom is -0.493 e. The predicted octanol–water partition coefficient (Wildman–Crippen LogP) is 7.77. The Hall–Kier alpha value is -2.93. The zero-order valence-electron chi connectivity index (χ0n) is 20.3. The normalized spacial score (nSPS) is 15.7. The van der Waals surface area contributed by atoms with E-state index < -0.39 is 0 Å². The molecule has 1 amide bonds. The molecule has 5 nitrogen and oxygen atoms in total. The molecule has 3 aromatic carbocycles. The molecule has 0 bridgehead atoms.